The maximum absolute atomic E-state index is 11.3. The van der Waals surface area contributed by atoms with Gasteiger partial charge in [0.25, 0.3) is 0 Å². The third-order valence-corrected chi connectivity index (χ3v) is 3.77. The standard InChI is InChI=1S/C22H37NO3/c1-2-3-13-16-21(25)17-14-11-9-7-5-4-6-8-10-12-15-18-22(26)23-19-20-24/h4-5,8-11,14,17,21,24-25H,2-3,6-7,12-13,15-16,18-20H2,1H3,(H,23,26)/b5-4-,10-8-,11-9-,17-14+/t21-/m1/s1. The Hall–Kier alpha value is -1.65. The number of unbranched alkanes of at least 4 members (excludes halogenated alkanes) is 3. The van der Waals surface area contributed by atoms with E-state index in [2.05, 4.69) is 42.6 Å². The van der Waals surface area contributed by atoms with Crippen molar-refractivity contribution in [3.63, 3.8) is 0 Å². The second-order valence-corrected chi connectivity index (χ2v) is 6.26. The Labute approximate surface area is 159 Å². The van der Waals surface area contributed by atoms with Crippen molar-refractivity contribution in [1.82, 2.24) is 5.32 Å². The zero-order valence-corrected chi connectivity index (χ0v) is 16.3. The third-order valence-electron chi connectivity index (χ3n) is 3.77. The number of hydrogen-bond acceptors (Lipinski definition) is 3. The number of rotatable bonds is 16. The molecule has 26 heavy (non-hydrogen) atoms. The van der Waals surface area contributed by atoms with Crippen molar-refractivity contribution < 1.29 is 15.0 Å². The predicted octanol–water partition coefficient (Wildman–Crippen LogP) is 4.21. The van der Waals surface area contributed by atoms with E-state index < -0.39 is 0 Å². The molecule has 148 valence electrons. The summed E-state index contributed by atoms with van der Waals surface area (Å²) < 4.78 is 0. The fourth-order valence-electron chi connectivity index (χ4n) is 2.28. The van der Waals surface area contributed by atoms with Gasteiger partial charge in [-0.3, -0.25) is 4.79 Å². The van der Waals surface area contributed by atoms with Gasteiger partial charge in [-0.2, -0.15) is 0 Å². The van der Waals surface area contributed by atoms with Crippen LogP contribution in [0.25, 0.3) is 0 Å². The average Bonchev–Trinajstić information content (AvgIpc) is 2.64. The molecule has 0 heterocycles. The van der Waals surface area contributed by atoms with Crippen LogP contribution in [0.15, 0.2) is 48.6 Å². The van der Waals surface area contributed by atoms with Crippen molar-refractivity contribution in [1.29, 1.82) is 0 Å². The molecular weight excluding hydrogens is 326 g/mol. The molecule has 4 nitrogen and oxygen atoms in total. The van der Waals surface area contributed by atoms with Gasteiger partial charge in [0.2, 0.25) is 5.91 Å². The van der Waals surface area contributed by atoms with Crippen LogP contribution in [0.2, 0.25) is 0 Å². The van der Waals surface area contributed by atoms with E-state index in [4.69, 9.17) is 5.11 Å². The number of nitrogens with one attached hydrogen (secondary N) is 1. The van der Waals surface area contributed by atoms with Gasteiger partial charge in [-0.05, 0) is 32.1 Å². The summed E-state index contributed by atoms with van der Waals surface area (Å²) in [6.07, 6.45) is 24.2. The summed E-state index contributed by atoms with van der Waals surface area (Å²) in [5, 5.41) is 21.0. The zero-order chi connectivity index (χ0) is 19.3. The first-order valence-electron chi connectivity index (χ1n) is 9.89. The van der Waals surface area contributed by atoms with Gasteiger partial charge in [0, 0.05) is 13.0 Å². The normalized spacial score (nSPS) is 13.5. The van der Waals surface area contributed by atoms with Gasteiger partial charge >= 0.3 is 0 Å². The molecule has 0 saturated heterocycles. The lowest BCUT2D eigenvalue weighted by molar-refractivity contribution is -0.121. The Balaban J connectivity index is 3.58. The van der Waals surface area contributed by atoms with Crippen LogP contribution in [0.4, 0.5) is 0 Å². The number of carbonyl (C=O) groups is 1. The molecule has 0 bridgehead atoms. The van der Waals surface area contributed by atoms with Gasteiger partial charge in [0.15, 0.2) is 0 Å². The maximum Gasteiger partial charge on any atom is 0.220 e. The number of aliphatic hydroxyl groups is 2. The number of allylic oxidation sites excluding steroid dienone is 7. The lowest BCUT2D eigenvalue weighted by Gasteiger charge is -2.02. The minimum Gasteiger partial charge on any atom is -0.395 e. The van der Waals surface area contributed by atoms with Crippen LogP contribution in [-0.4, -0.2) is 35.4 Å². The Morgan fingerprint density at radius 2 is 1.73 bits per heavy atom. The first-order chi connectivity index (χ1) is 12.7. The van der Waals surface area contributed by atoms with Crippen LogP contribution in [0.3, 0.4) is 0 Å². The highest BCUT2D eigenvalue weighted by Crippen LogP contribution is 2.04. The smallest absolute Gasteiger partial charge is 0.220 e. The molecule has 4 heteroatoms. The fourth-order valence-corrected chi connectivity index (χ4v) is 2.28. The van der Waals surface area contributed by atoms with Gasteiger partial charge in [-0.15, -0.1) is 0 Å². The van der Waals surface area contributed by atoms with Crippen LogP contribution in [-0.2, 0) is 4.79 Å². The molecule has 0 aliphatic heterocycles. The molecule has 0 aliphatic carbocycles. The van der Waals surface area contributed by atoms with E-state index >= 15 is 0 Å². The van der Waals surface area contributed by atoms with E-state index in [1.54, 1.807) is 0 Å². The summed E-state index contributed by atoms with van der Waals surface area (Å²) in [6.45, 7) is 2.49. The highest BCUT2D eigenvalue weighted by atomic mass is 16.3. The molecule has 1 amide bonds. The predicted molar refractivity (Wildman–Crippen MR) is 110 cm³/mol. The highest BCUT2D eigenvalue weighted by Gasteiger charge is 1.98. The van der Waals surface area contributed by atoms with Gasteiger partial charge in [0.1, 0.15) is 0 Å². The van der Waals surface area contributed by atoms with Crippen LogP contribution >= 0.6 is 0 Å². The third kappa shape index (κ3) is 18.7. The zero-order valence-electron chi connectivity index (χ0n) is 16.3. The second kappa shape index (κ2) is 19.7. The highest BCUT2D eigenvalue weighted by molar-refractivity contribution is 5.75. The van der Waals surface area contributed by atoms with Crippen molar-refractivity contribution >= 4 is 5.91 Å². The first kappa shape index (κ1) is 24.4. The number of hydrogen-bond donors (Lipinski definition) is 3. The van der Waals surface area contributed by atoms with E-state index in [1.165, 1.54) is 12.8 Å². The minimum atomic E-state index is -0.326. The summed E-state index contributed by atoms with van der Waals surface area (Å²) in [7, 11) is 0. The second-order valence-electron chi connectivity index (χ2n) is 6.26. The quantitative estimate of drug-likeness (QED) is 0.218. The molecule has 0 fully saturated rings. The largest absolute Gasteiger partial charge is 0.395 e. The lowest BCUT2D eigenvalue weighted by Crippen LogP contribution is -2.25. The molecule has 0 spiro atoms. The van der Waals surface area contributed by atoms with Crippen molar-refractivity contribution in [2.45, 2.75) is 70.8 Å². The van der Waals surface area contributed by atoms with Gasteiger partial charge < -0.3 is 15.5 Å². The topological polar surface area (TPSA) is 69.6 Å². The maximum atomic E-state index is 11.3. The molecule has 0 radical (unpaired) electrons. The Morgan fingerprint density at radius 3 is 2.46 bits per heavy atom. The summed E-state index contributed by atoms with van der Waals surface area (Å²) in [6, 6.07) is 0. The van der Waals surface area contributed by atoms with Crippen molar-refractivity contribution in [2.75, 3.05) is 13.2 Å². The van der Waals surface area contributed by atoms with E-state index in [9.17, 15) is 9.90 Å². The first-order valence-corrected chi connectivity index (χ1v) is 9.89. The molecule has 0 aromatic heterocycles. The molecule has 0 aromatic rings. The van der Waals surface area contributed by atoms with Crippen LogP contribution < -0.4 is 5.32 Å². The Kier molecular flexibility index (Phi) is 18.4. The molecule has 0 aliphatic rings. The number of aliphatic hydroxyl groups excluding tert-OH is 2. The fraction of sp³-hybridized carbons (Fsp3) is 0.591. The molecule has 0 aromatic carbocycles. The molecular formula is C22H37NO3. The van der Waals surface area contributed by atoms with E-state index in [-0.39, 0.29) is 18.6 Å². The number of carbonyl (C=O) groups excluding carboxylic acids is 1. The van der Waals surface area contributed by atoms with Gasteiger partial charge in [0.05, 0.1) is 12.7 Å². The van der Waals surface area contributed by atoms with E-state index in [0.29, 0.717) is 13.0 Å². The lowest BCUT2D eigenvalue weighted by atomic mass is 10.1. The summed E-state index contributed by atoms with van der Waals surface area (Å²) >= 11 is 0. The van der Waals surface area contributed by atoms with Crippen molar-refractivity contribution in [2.24, 2.45) is 0 Å². The SMILES string of the molecule is CCCCC[C@@H](O)/C=C/C=C\C/C=C\C/C=C\CCCC(=O)NCCO. The molecule has 1 atom stereocenters. The van der Waals surface area contributed by atoms with Gasteiger partial charge in [-0.1, -0.05) is 74.8 Å². The Morgan fingerprint density at radius 1 is 1.00 bits per heavy atom. The summed E-state index contributed by atoms with van der Waals surface area (Å²) in [4.78, 5) is 11.3. The summed E-state index contributed by atoms with van der Waals surface area (Å²) in [5.74, 6) is 0.00154. The van der Waals surface area contributed by atoms with Crippen molar-refractivity contribution in [3.8, 4) is 0 Å². The minimum absolute atomic E-state index is 0.00154. The summed E-state index contributed by atoms with van der Waals surface area (Å²) in [5.41, 5.74) is 0. The van der Waals surface area contributed by atoms with Crippen LogP contribution in [0.1, 0.15) is 64.7 Å². The van der Waals surface area contributed by atoms with Crippen LogP contribution in [0, 0.1) is 0 Å². The van der Waals surface area contributed by atoms with Gasteiger partial charge in [-0.25, -0.2) is 0 Å². The van der Waals surface area contributed by atoms with Crippen molar-refractivity contribution in [3.05, 3.63) is 48.6 Å². The number of amides is 1. The van der Waals surface area contributed by atoms with Crippen LogP contribution in [0.5, 0.6) is 0 Å². The van der Waals surface area contributed by atoms with E-state index in [0.717, 1.165) is 38.5 Å². The molecule has 0 rings (SSSR count). The molecule has 0 unspecified atom stereocenters. The molecule has 0 saturated carbocycles. The Bertz CT molecular complexity index is 439. The average molecular weight is 364 g/mol. The monoisotopic (exact) mass is 363 g/mol. The van der Waals surface area contributed by atoms with E-state index in [1.807, 2.05) is 18.2 Å². The molecule has 3 N–H and O–H groups in total.